The quantitative estimate of drug-likeness (QED) is 0.882. The highest BCUT2D eigenvalue weighted by atomic mass is 19.4. The van der Waals surface area contributed by atoms with Crippen molar-refractivity contribution >= 4 is 5.97 Å². The van der Waals surface area contributed by atoms with Crippen LogP contribution in [0.2, 0.25) is 0 Å². The van der Waals surface area contributed by atoms with Crippen molar-refractivity contribution in [1.29, 1.82) is 0 Å². The summed E-state index contributed by atoms with van der Waals surface area (Å²) in [6, 6.07) is 13.7. The van der Waals surface area contributed by atoms with E-state index < -0.39 is 23.6 Å². The van der Waals surface area contributed by atoms with Crippen LogP contribution in [0.3, 0.4) is 0 Å². The van der Waals surface area contributed by atoms with Crippen molar-refractivity contribution in [3.63, 3.8) is 0 Å². The van der Waals surface area contributed by atoms with Crippen molar-refractivity contribution < 1.29 is 23.1 Å². The average Bonchev–Trinajstić information content (AvgIpc) is 2.48. The molecule has 0 saturated heterocycles. The second-order valence-corrected chi connectivity index (χ2v) is 5.03. The van der Waals surface area contributed by atoms with Gasteiger partial charge in [0, 0.05) is 0 Å². The Labute approximate surface area is 126 Å². The molecule has 0 aliphatic heterocycles. The second kappa shape index (κ2) is 6.64. The molecule has 0 aliphatic carbocycles. The maximum atomic E-state index is 12.5. The average molecular weight is 308 g/mol. The number of alkyl halides is 3. The fourth-order valence-electron chi connectivity index (χ4n) is 2.29. The van der Waals surface area contributed by atoms with E-state index in [9.17, 15) is 23.1 Å². The van der Waals surface area contributed by atoms with E-state index in [1.54, 1.807) is 0 Å². The van der Waals surface area contributed by atoms with Crippen LogP contribution in [-0.2, 0) is 17.4 Å². The fraction of sp³-hybridized carbons (Fsp3) is 0.235. The summed E-state index contributed by atoms with van der Waals surface area (Å²) in [7, 11) is 0. The molecule has 0 bridgehead atoms. The van der Waals surface area contributed by atoms with Gasteiger partial charge in [0.05, 0.1) is 11.5 Å². The van der Waals surface area contributed by atoms with Crippen LogP contribution in [-0.4, -0.2) is 11.1 Å². The van der Waals surface area contributed by atoms with E-state index in [4.69, 9.17) is 0 Å². The SMILES string of the molecule is O=C(O)[C@@H](CCc1ccccc1)c1ccc(C(F)(F)F)cc1. The van der Waals surface area contributed by atoms with Crippen molar-refractivity contribution in [1.82, 2.24) is 0 Å². The summed E-state index contributed by atoms with van der Waals surface area (Å²) in [6.07, 6.45) is -3.52. The standard InChI is InChI=1S/C17H15F3O2/c18-17(19,20)14-9-7-13(8-10-14)15(16(21)22)11-6-12-4-2-1-3-5-12/h1-5,7-10,15H,6,11H2,(H,21,22)/t15-/m0/s1. The van der Waals surface area contributed by atoms with Gasteiger partial charge in [-0.3, -0.25) is 4.79 Å². The van der Waals surface area contributed by atoms with E-state index in [2.05, 4.69) is 0 Å². The van der Waals surface area contributed by atoms with Crippen LogP contribution in [0.5, 0.6) is 0 Å². The van der Waals surface area contributed by atoms with Gasteiger partial charge in [-0.15, -0.1) is 0 Å². The Kier molecular flexibility index (Phi) is 4.85. The Morgan fingerprint density at radius 1 is 1.00 bits per heavy atom. The molecule has 5 heteroatoms. The van der Waals surface area contributed by atoms with E-state index in [1.165, 1.54) is 12.1 Å². The minimum atomic E-state index is -4.42. The third-order valence-electron chi connectivity index (χ3n) is 3.50. The highest BCUT2D eigenvalue weighted by molar-refractivity contribution is 5.76. The van der Waals surface area contributed by atoms with Crippen molar-refractivity contribution in [3.05, 3.63) is 71.3 Å². The van der Waals surface area contributed by atoms with E-state index in [0.717, 1.165) is 17.7 Å². The zero-order valence-electron chi connectivity index (χ0n) is 11.7. The summed E-state index contributed by atoms with van der Waals surface area (Å²) >= 11 is 0. The molecule has 0 heterocycles. The molecule has 0 aliphatic rings. The largest absolute Gasteiger partial charge is 0.481 e. The number of halogens is 3. The number of carboxylic acid groups (broad SMARTS) is 1. The van der Waals surface area contributed by atoms with Crippen LogP contribution in [0.15, 0.2) is 54.6 Å². The topological polar surface area (TPSA) is 37.3 Å². The third-order valence-corrected chi connectivity index (χ3v) is 3.50. The number of benzene rings is 2. The molecule has 0 saturated carbocycles. The van der Waals surface area contributed by atoms with Gasteiger partial charge in [0.25, 0.3) is 0 Å². The molecular formula is C17H15F3O2. The molecule has 0 fully saturated rings. The first-order chi connectivity index (χ1) is 10.4. The number of aliphatic carboxylic acids is 1. The first kappa shape index (κ1) is 16.1. The summed E-state index contributed by atoms with van der Waals surface area (Å²) in [4.78, 5) is 11.4. The summed E-state index contributed by atoms with van der Waals surface area (Å²) in [5.41, 5.74) is 0.612. The molecule has 0 unspecified atom stereocenters. The summed E-state index contributed by atoms with van der Waals surface area (Å²) in [5.74, 6) is -1.85. The molecule has 2 rings (SSSR count). The molecule has 2 aromatic rings. The Bertz CT molecular complexity index is 619. The lowest BCUT2D eigenvalue weighted by Crippen LogP contribution is -2.13. The van der Waals surface area contributed by atoms with Gasteiger partial charge in [0.2, 0.25) is 0 Å². The second-order valence-electron chi connectivity index (χ2n) is 5.03. The molecule has 22 heavy (non-hydrogen) atoms. The Morgan fingerprint density at radius 3 is 2.09 bits per heavy atom. The monoisotopic (exact) mass is 308 g/mol. The number of hydrogen-bond acceptors (Lipinski definition) is 1. The summed E-state index contributed by atoms with van der Waals surface area (Å²) in [6.45, 7) is 0. The molecule has 1 N–H and O–H groups in total. The van der Waals surface area contributed by atoms with E-state index in [1.807, 2.05) is 30.3 Å². The lowest BCUT2D eigenvalue weighted by molar-refractivity contribution is -0.139. The van der Waals surface area contributed by atoms with Gasteiger partial charge in [-0.2, -0.15) is 13.2 Å². The van der Waals surface area contributed by atoms with Gasteiger partial charge in [-0.25, -0.2) is 0 Å². The molecule has 0 amide bonds. The maximum Gasteiger partial charge on any atom is 0.416 e. The number of hydrogen-bond donors (Lipinski definition) is 1. The Hall–Kier alpha value is -2.30. The lowest BCUT2D eigenvalue weighted by atomic mass is 9.92. The highest BCUT2D eigenvalue weighted by Crippen LogP contribution is 2.31. The minimum absolute atomic E-state index is 0.338. The summed E-state index contributed by atoms with van der Waals surface area (Å²) in [5, 5.41) is 9.31. The predicted octanol–water partition coefficient (Wildman–Crippen LogP) is 4.51. The molecule has 0 spiro atoms. The minimum Gasteiger partial charge on any atom is -0.481 e. The van der Waals surface area contributed by atoms with Gasteiger partial charge < -0.3 is 5.11 Å². The number of carboxylic acids is 1. The number of aryl methyl sites for hydroxylation is 1. The van der Waals surface area contributed by atoms with Crippen LogP contribution in [0.1, 0.15) is 29.0 Å². The van der Waals surface area contributed by atoms with Gasteiger partial charge in [-0.1, -0.05) is 42.5 Å². The van der Waals surface area contributed by atoms with E-state index in [0.29, 0.717) is 18.4 Å². The molecule has 0 aromatic heterocycles. The third kappa shape index (κ3) is 4.10. The maximum absolute atomic E-state index is 12.5. The fourth-order valence-corrected chi connectivity index (χ4v) is 2.29. The van der Waals surface area contributed by atoms with Crippen LogP contribution < -0.4 is 0 Å². The molecule has 116 valence electrons. The lowest BCUT2D eigenvalue weighted by Gasteiger charge is -2.14. The van der Waals surface area contributed by atoms with Crippen LogP contribution in [0.25, 0.3) is 0 Å². The van der Waals surface area contributed by atoms with Crippen LogP contribution in [0.4, 0.5) is 13.2 Å². The number of rotatable bonds is 5. The van der Waals surface area contributed by atoms with Gasteiger partial charge in [-0.05, 0) is 36.1 Å². The smallest absolute Gasteiger partial charge is 0.416 e. The Balaban J connectivity index is 2.13. The number of carbonyl (C=O) groups is 1. The van der Waals surface area contributed by atoms with Crippen molar-refractivity contribution in [3.8, 4) is 0 Å². The summed E-state index contributed by atoms with van der Waals surface area (Å²) < 4.78 is 37.6. The van der Waals surface area contributed by atoms with Gasteiger partial charge in [0.15, 0.2) is 0 Å². The van der Waals surface area contributed by atoms with Crippen LogP contribution in [0, 0.1) is 0 Å². The van der Waals surface area contributed by atoms with Gasteiger partial charge in [0.1, 0.15) is 0 Å². The van der Waals surface area contributed by atoms with E-state index >= 15 is 0 Å². The predicted molar refractivity (Wildman–Crippen MR) is 76.6 cm³/mol. The highest BCUT2D eigenvalue weighted by Gasteiger charge is 2.30. The van der Waals surface area contributed by atoms with Crippen LogP contribution >= 0.6 is 0 Å². The zero-order chi connectivity index (χ0) is 16.2. The van der Waals surface area contributed by atoms with Crippen molar-refractivity contribution in [2.24, 2.45) is 0 Å². The molecule has 1 atom stereocenters. The molecule has 0 radical (unpaired) electrons. The van der Waals surface area contributed by atoms with E-state index in [-0.39, 0.29) is 0 Å². The van der Waals surface area contributed by atoms with Crippen molar-refractivity contribution in [2.75, 3.05) is 0 Å². The molecule has 2 aromatic carbocycles. The van der Waals surface area contributed by atoms with Gasteiger partial charge >= 0.3 is 12.1 Å². The first-order valence-corrected chi connectivity index (χ1v) is 6.82. The normalized spacial score (nSPS) is 12.9. The zero-order valence-corrected chi connectivity index (χ0v) is 11.7. The van der Waals surface area contributed by atoms with Crippen molar-refractivity contribution in [2.45, 2.75) is 24.9 Å². The molecular weight excluding hydrogens is 293 g/mol. The Morgan fingerprint density at radius 2 is 1.59 bits per heavy atom. The first-order valence-electron chi connectivity index (χ1n) is 6.82. The molecule has 2 nitrogen and oxygen atoms in total.